The smallest absolute Gasteiger partial charge is 0.337 e. The van der Waals surface area contributed by atoms with Crippen LogP contribution in [0.25, 0.3) is 6.08 Å². The van der Waals surface area contributed by atoms with Crippen LogP contribution in [-0.4, -0.2) is 30.9 Å². The molecule has 0 fully saturated rings. The topological polar surface area (TPSA) is 88.4 Å². The van der Waals surface area contributed by atoms with Crippen LogP contribution in [0.15, 0.2) is 74.6 Å². The van der Waals surface area contributed by atoms with E-state index in [1.54, 1.807) is 30.3 Å². The first-order chi connectivity index (χ1) is 21.6. The number of hydrogen-bond acceptors (Lipinski definition) is 8. The fourth-order valence-corrected chi connectivity index (χ4v) is 7.78. The first-order valence-corrected chi connectivity index (χ1v) is 17.1. The summed E-state index contributed by atoms with van der Waals surface area (Å²) in [7, 11) is 1.30. The molecule has 0 N–H and O–H groups in total. The maximum Gasteiger partial charge on any atom is 0.337 e. The van der Waals surface area contributed by atoms with E-state index >= 15 is 0 Å². The van der Waals surface area contributed by atoms with Crippen molar-refractivity contribution in [2.45, 2.75) is 26.5 Å². The maximum atomic E-state index is 14.0. The summed E-state index contributed by atoms with van der Waals surface area (Å²) in [5.41, 5.74) is 2.24. The quantitative estimate of drug-likeness (QED) is 0.126. The van der Waals surface area contributed by atoms with Crippen LogP contribution in [0, 0.1) is 3.57 Å². The predicted octanol–water partition coefficient (Wildman–Crippen LogP) is 7.07. The van der Waals surface area contributed by atoms with Gasteiger partial charge in [0.25, 0.3) is 5.56 Å². The lowest BCUT2D eigenvalue weighted by Gasteiger charge is -2.23. The zero-order valence-corrected chi connectivity index (χ0v) is 30.3. The van der Waals surface area contributed by atoms with Crippen LogP contribution in [0.5, 0.6) is 17.2 Å². The van der Waals surface area contributed by atoms with Gasteiger partial charge in [-0.3, -0.25) is 9.36 Å². The molecule has 0 unspecified atom stereocenters. The average Bonchev–Trinajstić information content (AvgIpc) is 3.33. The molecule has 0 aliphatic carbocycles. The molecule has 45 heavy (non-hydrogen) atoms. The molecule has 1 aromatic heterocycles. The molecule has 234 valence electrons. The van der Waals surface area contributed by atoms with Crippen LogP contribution >= 0.6 is 73.1 Å². The van der Waals surface area contributed by atoms with E-state index in [0.29, 0.717) is 62.0 Å². The van der Waals surface area contributed by atoms with Gasteiger partial charge in [-0.25, -0.2) is 9.79 Å². The van der Waals surface area contributed by atoms with Crippen LogP contribution < -0.4 is 29.1 Å². The van der Waals surface area contributed by atoms with Gasteiger partial charge in [0.15, 0.2) is 16.3 Å². The summed E-state index contributed by atoms with van der Waals surface area (Å²) in [6.45, 7) is 4.93. The van der Waals surface area contributed by atoms with E-state index in [1.165, 1.54) is 29.2 Å². The summed E-state index contributed by atoms with van der Waals surface area (Å²) in [5.74, 6) is 1.16. The Kier molecular flexibility index (Phi) is 11.0. The highest BCUT2D eigenvalue weighted by Crippen LogP contribution is 2.36. The monoisotopic (exact) mass is 842 g/mol. The summed E-state index contributed by atoms with van der Waals surface area (Å²) >= 11 is 19.2. The summed E-state index contributed by atoms with van der Waals surface area (Å²) in [4.78, 5) is 31.8. The minimum absolute atomic E-state index is 0.226. The number of nitrogens with zero attached hydrogens (tertiary/aromatic N) is 2. The van der Waals surface area contributed by atoms with Crippen molar-refractivity contribution < 1.29 is 23.7 Å². The van der Waals surface area contributed by atoms with Crippen LogP contribution in [0.2, 0.25) is 10.0 Å². The van der Waals surface area contributed by atoms with Crippen molar-refractivity contribution in [2.24, 2.45) is 4.99 Å². The molecule has 1 aliphatic heterocycles. The third-order valence-electron chi connectivity index (χ3n) is 6.69. The third kappa shape index (κ3) is 7.27. The van der Waals surface area contributed by atoms with Crippen LogP contribution in [0.1, 0.15) is 36.6 Å². The summed E-state index contributed by atoms with van der Waals surface area (Å²) in [5, 5.41) is 0.940. The lowest BCUT2D eigenvalue weighted by Crippen LogP contribution is -2.39. The number of benzene rings is 3. The number of thiazole rings is 1. The largest absolute Gasteiger partial charge is 0.490 e. The molecule has 0 spiro atoms. The first kappa shape index (κ1) is 33.5. The fourth-order valence-electron chi connectivity index (χ4n) is 4.72. The van der Waals surface area contributed by atoms with Crippen molar-refractivity contribution in [1.29, 1.82) is 0 Å². The molecule has 1 atom stereocenters. The standard InChI is InChI=1S/C32H26BrCl2IN2O6S/c1-4-42-25-9-7-19(14-26(25)43-5-2)28-20(31(40)41-3)15-37-32-38(28)30(39)27(45-32)13-18-10-21(33)29(24(36)12-18)44-16-17-6-8-22(34)23(35)11-17/h6-15,28H,4-5,16H2,1-3H3/b27-13-/t28-/m1/s1. The maximum absolute atomic E-state index is 14.0. The van der Waals surface area contributed by atoms with E-state index in [4.69, 9.17) is 42.1 Å². The Morgan fingerprint density at radius 3 is 2.49 bits per heavy atom. The van der Waals surface area contributed by atoms with E-state index in [1.807, 2.05) is 38.1 Å². The highest BCUT2D eigenvalue weighted by Gasteiger charge is 2.31. The summed E-state index contributed by atoms with van der Waals surface area (Å²) in [6, 6.07) is 13.7. The van der Waals surface area contributed by atoms with Gasteiger partial charge in [-0.05, 0) is 112 Å². The Hall–Kier alpha value is -2.84. The molecule has 8 nitrogen and oxygen atoms in total. The van der Waals surface area contributed by atoms with Gasteiger partial charge in [-0.15, -0.1) is 0 Å². The summed E-state index contributed by atoms with van der Waals surface area (Å²) in [6.07, 6.45) is 3.25. The first-order valence-electron chi connectivity index (χ1n) is 13.7. The SMILES string of the molecule is CCOc1ccc([C@@H]2C(C(=O)OC)=CN=c3s/c(=C\c4cc(Br)c(OCc5ccc(Cl)c(Cl)c5)c(I)c4)c(=O)n32)cc1OCC. The molecule has 0 amide bonds. The minimum atomic E-state index is -0.783. The minimum Gasteiger partial charge on any atom is -0.490 e. The second-order valence-corrected chi connectivity index (χ2v) is 13.4. The zero-order valence-electron chi connectivity index (χ0n) is 24.2. The van der Waals surface area contributed by atoms with E-state index in [2.05, 4.69) is 43.5 Å². The molecular weight excluding hydrogens is 818 g/mol. The molecule has 0 saturated carbocycles. The molecular formula is C32H26BrCl2IN2O6S. The average molecular weight is 844 g/mol. The van der Waals surface area contributed by atoms with Crippen molar-refractivity contribution in [3.8, 4) is 17.2 Å². The van der Waals surface area contributed by atoms with Gasteiger partial charge >= 0.3 is 5.97 Å². The van der Waals surface area contributed by atoms with Gasteiger partial charge in [0.2, 0.25) is 0 Å². The Bertz CT molecular complexity index is 1970. The van der Waals surface area contributed by atoms with Crippen LogP contribution in [-0.2, 0) is 16.1 Å². The molecule has 5 rings (SSSR count). The second-order valence-electron chi connectivity index (χ2n) is 9.60. The lowest BCUT2D eigenvalue weighted by atomic mass is 9.97. The predicted molar refractivity (Wildman–Crippen MR) is 188 cm³/mol. The number of ether oxygens (including phenoxy) is 4. The Morgan fingerprint density at radius 1 is 1.04 bits per heavy atom. The van der Waals surface area contributed by atoms with Gasteiger partial charge in [0, 0.05) is 6.20 Å². The number of fused-ring (bicyclic) bond motifs is 1. The van der Waals surface area contributed by atoms with E-state index in [9.17, 15) is 9.59 Å². The molecule has 3 aromatic carbocycles. The number of rotatable bonds is 10. The number of esters is 1. The van der Waals surface area contributed by atoms with Gasteiger partial charge in [0.05, 0.1) is 54.6 Å². The molecule has 0 saturated heterocycles. The highest BCUT2D eigenvalue weighted by atomic mass is 127. The highest BCUT2D eigenvalue weighted by molar-refractivity contribution is 14.1. The van der Waals surface area contributed by atoms with E-state index in [0.717, 1.165) is 19.2 Å². The molecule has 4 aromatic rings. The number of halogens is 4. The van der Waals surface area contributed by atoms with Crippen molar-refractivity contribution in [2.75, 3.05) is 20.3 Å². The zero-order chi connectivity index (χ0) is 32.2. The molecule has 2 heterocycles. The van der Waals surface area contributed by atoms with Gasteiger partial charge in [-0.2, -0.15) is 0 Å². The van der Waals surface area contributed by atoms with E-state index < -0.39 is 12.0 Å². The van der Waals surface area contributed by atoms with E-state index in [-0.39, 0.29) is 11.1 Å². The fraction of sp³-hybridized carbons (Fsp3) is 0.219. The number of hydrogen-bond donors (Lipinski definition) is 0. The van der Waals surface area contributed by atoms with Gasteiger partial charge in [-0.1, -0.05) is 46.7 Å². The van der Waals surface area contributed by atoms with Crippen molar-refractivity contribution in [3.05, 3.63) is 115 Å². The van der Waals surface area contributed by atoms with Crippen molar-refractivity contribution in [1.82, 2.24) is 4.57 Å². The van der Waals surface area contributed by atoms with Gasteiger partial charge < -0.3 is 18.9 Å². The second kappa shape index (κ2) is 14.7. The van der Waals surface area contributed by atoms with Crippen molar-refractivity contribution >= 4 is 85.1 Å². The van der Waals surface area contributed by atoms with Gasteiger partial charge in [0.1, 0.15) is 12.4 Å². The Morgan fingerprint density at radius 2 is 1.80 bits per heavy atom. The molecule has 1 aliphatic rings. The van der Waals surface area contributed by atoms with Crippen LogP contribution in [0.4, 0.5) is 0 Å². The number of methoxy groups -OCH3 is 1. The number of carbonyl (C=O) groups excluding carboxylic acids is 1. The van der Waals surface area contributed by atoms with Crippen molar-refractivity contribution in [3.63, 3.8) is 0 Å². The summed E-state index contributed by atoms with van der Waals surface area (Å²) < 4.78 is 26.2. The normalized spacial score (nSPS) is 14.3. The van der Waals surface area contributed by atoms with Crippen LogP contribution in [0.3, 0.4) is 0 Å². The number of aromatic nitrogens is 1. The Labute approximate surface area is 295 Å². The molecule has 0 bridgehead atoms. The Balaban J connectivity index is 1.53. The third-order valence-corrected chi connectivity index (χ3v) is 9.82. The lowest BCUT2D eigenvalue weighted by molar-refractivity contribution is -0.136. The number of carbonyl (C=O) groups is 1. The molecule has 13 heteroatoms. The molecule has 0 radical (unpaired) electrons.